The molecule has 1 N–H and O–H groups in total. The van der Waals surface area contributed by atoms with E-state index in [0.29, 0.717) is 27.8 Å². The molecule has 1 aromatic heterocycles. The molecular formula is C24H20ClFN4O. The van der Waals surface area contributed by atoms with Crippen molar-refractivity contribution in [2.24, 2.45) is 0 Å². The van der Waals surface area contributed by atoms with E-state index < -0.39 is 5.91 Å². The standard InChI is InChI=1S/C24H20ClFN4O/c1-14-7-12-20(15(2)13-14)27-24(31)22-28-23(17-8-10-18(26)11-9-17)30(29-22)21-6-4-5-19(25)16(21)3/h4-13H,1-3H3,(H,27,31). The first kappa shape index (κ1) is 20.8. The summed E-state index contributed by atoms with van der Waals surface area (Å²) in [7, 11) is 0. The van der Waals surface area contributed by atoms with Crippen molar-refractivity contribution in [3.8, 4) is 17.1 Å². The Morgan fingerprint density at radius 3 is 2.48 bits per heavy atom. The largest absolute Gasteiger partial charge is 0.319 e. The Bertz CT molecular complexity index is 1280. The van der Waals surface area contributed by atoms with Gasteiger partial charge in [0.25, 0.3) is 5.91 Å². The minimum atomic E-state index is -0.436. The zero-order valence-corrected chi connectivity index (χ0v) is 18.0. The first-order valence-corrected chi connectivity index (χ1v) is 10.1. The maximum Gasteiger partial charge on any atom is 0.295 e. The minimum absolute atomic E-state index is 0.00123. The van der Waals surface area contributed by atoms with E-state index in [-0.39, 0.29) is 11.6 Å². The Labute approximate surface area is 184 Å². The van der Waals surface area contributed by atoms with Crippen LogP contribution in [0.2, 0.25) is 5.02 Å². The van der Waals surface area contributed by atoms with E-state index in [1.807, 2.05) is 45.0 Å². The molecule has 1 amide bonds. The van der Waals surface area contributed by atoms with E-state index in [0.717, 1.165) is 16.7 Å². The smallest absolute Gasteiger partial charge is 0.295 e. The molecule has 156 valence electrons. The molecule has 0 aliphatic heterocycles. The zero-order chi connectivity index (χ0) is 22.1. The van der Waals surface area contributed by atoms with Gasteiger partial charge < -0.3 is 5.32 Å². The van der Waals surface area contributed by atoms with Crippen molar-refractivity contribution in [3.05, 3.63) is 94.0 Å². The van der Waals surface area contributed by atoms with Gasteiger partial charge in [0.05, 0.1) is 5.69 Å². The first-order chi connectivity index (χ1) is 14.8. The fraction of sp³-hybridized carbons (Fsp3) is 0.125. The Hall–Kier alpha value is -3.51. The van der Waals surface area contributed by atoms with Crippen LogP contribution in [0.1, 0.15) is 27.3 Å². The van der Waals surface area contributed by atoms with Gasteiger partial charge in [-0.3, -0.25) is 4.79 Å². The molecule has 0 saturated heterocycles. The van der Waals surface area contributed by atoms with Gasteiger partial charge >= 0.3 is 0 Å². The van der Waals surface area contributed by atoms with Crippen LogP contribution in [0.15, 0.2) is 60.7 Å². The molecule has 0 fully saturated rings. The van der Waals surface area contributed by atoms with Crippen molar-refractivity contribution >= 4 is 23.2 Å². The van der Waals surface area contributed by atoms with Gasteiger partial charge in [-0.1, -0.05) is 35.4 Å². The number of rotatable bonds is 4. The van der Waals surface area contributed by atoms with E-state index >= 15 is 0 Å². The second-order valence-corrected chi connectivity index (χ2v) is 7.74. The van der Waals surface area contributed by atoms with Crippen LogP contribution in [0.3, 0.4) is 0 Å². The number of hydrogen-bond acceptors (Lipinski definition) is 3. The van der Waals surface area contributed by atoms with Crippen LogP contribution in [0.5, 0.6) is 0 Å². The molecule has 0 atom stereocenters. The lowest BCUT2D eigenvalue weighted by atomic mass is 10.1. The maximum absolute atomic E-state index is 13.5. The Morgan fingerprint density at radius 1 is 1.03 bits per heavy atom. The third-order valence-electron chi connectivity index (χ3n) is 5.01. The quantitative estimate of drug-likeness (QED) is 0.434. The number of anilines is 1. The van der Waals surface area contributed by atoms with Crippen LogP contribution in [-0.4, -0.2) is 20.7 Å². The molecule has 0 unspecified atom stereocenters. The average Bonchev–Trinajstić information content (AvgIpc) is 3.18. The Kier molecular flexibility index (Phi) is 5.57. The molecule has 5 nitrogen and oxygen atoms in total. The van der Waals surface area contributed by atoms with Crippen molar-refractivity contribution in [2.75, 3.05) is 5.32 Å². The summed E-state index contributed by atoms with van der Waals surface area (Å²) in [6, 6.07) is 17.1. The number of nitrogens with zero attached hydrogens (tertiary/aromatic N) is 3. The highest BCUT2D eigenvalue weighted by Gasteiger charge is 2.21. The topological polar surface area (TPSA) is 59.8 Å². The van der Waals surface area contributed by atoms with Crippen molar-refractivity contribution in [3.63, 3.8) is 0 Å². The number of carbonyl (C=O) groups excluding carboxylic acids is 1. The zero-order valence-electron chi connectivity index (χ0n) is 17.3. The van der Waals surface area contributed by atoms with Crippen LogP contribution in [0, 0.1) is 26.6 Å². The van der Waals surface area contributed by atoms with Gasteiger partial charge in [-0.2, -0.15) is 0 Å². The van der Waals surface area contributed by atoms with Gasteiger partial charge in [-0.05, 0) is 74.4 Å². The number of benzene rings is 3. The molecule has 0 spiro atoms. The van der Waals surface area contributed by atoms with E-state index in [2.05, 4.69) is 15.4 Å². The van der Waals surface area contributed by atoms with E-state index in [9.17, 15) is 9.18 Å². The lowest BCUT2D eigenvalue weighted by Crippen LogP contribution is -2.15. The summed E-state index contributed by atoms with van der Waals surface area (Å²) >= 11 is 6.30. The van der Waals surface area contributed by atoms with Crippen molar-refractivity contribution in [2.45, 2.75) is 20.8 Å². The van der Waals surface area contributed by atoms with Gasteiger partial charge in [-0.25, -0.2) is 14.1 Å². The van der Waals surface area contributed by atoms with Crippen LogP contribution >= 0.6 is 11.6 Å². The number of aryl methyl sites for hydroxylation is 2. The number of hydrogen-bond donors (Lipinski definition) is 1. The van der Waals surface area contributed by atoms with Crippen LogP contribution in [-0.2, 0) is 0 Å². The van der Waals surface area contributed by atoms with E-state index in [4.69, 9.17) is 11.6 Å². The lowest BCUT2D eigenvalue weighted by Gasteiger charge is -2.10. The second kappa shape index (κ2) is 8.32. The van der Waals surface area contributed by atoms with Gasteiger partial charge in [0.1, 0.15) is 5.82 Å². The highest BCUT2D eigenvalue weighted by molar-refractivity contribution is 6.31. The molecule has 31 heavy (non-hydrogen) atoms. The molecule has 0 saturated carbocycles. The van der Waals surface area contributed by atoms with Gasteiger partial charge in [0.2, 0.25) is 5.82 Å². The summed E-state index contributed by atoms with van der Waals surface area (Å²) in [6.45, 7) is 5.78. The average molecular weight is 435 g/mol. The summed E-state index contributed by atoms with van der Waals surface area (Å²) in [5.41, 5.74) is 4.84. The predicted molar refractivity (Wildman–Crippen MR) is 120 cm³/mol. The molecule has 4 aromatic rings. The molecule has 1 heterocycles. The molecule has 0 aliphatic carbocycles. The SMILES string of the molecule is Cc1ccc(NC(=O)c2nc(-c3ccc(F)cc3)n(-c3cccc(Cl)c3C)n2)c(C)c1. The van der Waals surface area contributed by atoms with Crippen LogP contribution in [0.4, 0.5) is 10.1 Å². The monoisotopic (exact) mass is 434 g/mol. The molecular weight excluding hydrogens is 415 g/mol. The van der Waals surface area contributed by atoms with Gasteiger partial charge in [-0.15, -0.1) is 5.10 Å². The van der Waals surface area contributed by atoms with Gasteiger partial charge in [0.15, 0.2) is 5.82 Å². The Balaban J connectivity index is 1.80. The summed E-state index contributed by atoms with van der Waals surface area (Å²) in [6.07, 6.45) is 0. The highest BCUT2D eigenvalue weighted by Crippen LogP contribution is 2.27. The number of halogens is 2. The third kappa shape index (κ3) is 4.20. The van der Waals surface area contributed by atoms with Crippen molar-refractivity contribution < 1.29 is 9.18 Å². The number of amides is 1. The molecule has 4 rings (SSSR count). The van der Waals surface area contributed by atoms with Crippen LogP contribution < -0.4 is 5.32 Å². The van der Waals surface area contributed by atoms with Crippen molar-refractivity contribution in [1.82, 2.24) is 14.8 Å². The molecule has 7 heteroatoms. The molecule has 0 aliphatic rings. The molecule has 3 aromatic carbocycles. The summed E-state index contributed by atoms with van der Waals surface area (Å²) in [4.78, 5) is 17.4. The normalized spacial score (nSPS) is 10.9. The summed E-state index contributed by atoms with van der Waals surface area (Å²) in [5.74, 6) is -0.384. The number of carbonyl (C=O) groups is 1. The third-order valence-corrected chi connectivity index (χ3v) is 5.42. The first-order valence-electron chi connectivity index (χ1n) is 9.70. The maximum atomic E-state index is 13.5. The fourth-order valence-corrected chi connectivity index (χ4v) is 3.49. The molecule has 0 bridgehead atoms. The van der Waals surface area contributed by atoms with E-state index in [1.54, 1.807) is 28.9 Å². The fourth-order valence-electron chi connectivity index (χ4n) is 3.32. The number of nitrogens with one attached hydrogen (secondary N) is 1. The summed E-state index contributed by atoms with van der Waals surface area (Å²) < 4.78 is 15.0. The second-order valence-electron chi connectivity index (χ2n) is 7.33. The summed E-state index contributed by atoms with van der Waals surface area (Å²) in [5, 5.41) is 7.90. The lowest BCUT2D eigenvalue weighted by molar-refractivity contribution is 0.101. The Morgan fingerprint density at radius 2 is 1.77 bits per heavy atom. The van der Waals surface area contributed by atoms with Crippen LogP contribution in [0.25, 0.3) is 17.1 Å². The van der Waals surface area contributed by atoms with Gasteiger partial charge in [0, 0.05) is 16.3 Å². The minimum Gasteiger partial charge on any atom is -0.319 e. The van der Waals surface area contributed by atoms with E-state index in [1.165, 1.54) is 12.1 Å². The predicted octanol–water partition coefficient (Wildman–Crippen LogP) is 5.90. The number of aromatic nitrogens is 3. The highest BCUT2D eigenvalue weighted by atomic mass is 35.5. The molecule has 0 radical (unpaired) electrons. The van der Waals surface area contributed by atoms with Crippen molar-refractivity contribution in [1.29, 1.82) is 0 Å².